The summed E-state index contributed by atoms with van der Waals surface area (Å²) < 4.78 is 4.62. The van der Waals surface area contributed by atoms with E-state index < -0.39 is 0 Å². The molecule has 0 atom stereocenters. The van der Waals surface area contributed by atoms with Crippen LogP contribution in [0.4, 0.5) is 4.79 Å². The van der Waals surface area contributed by atoms with Gasteiger partial charge in [-0.1, -0.05) is 30.3 Å². The zero-order chi connectivity index (χ0) is 16.8. The van der Waals surface area contributed by atoms with Crippen molar-refractivity contribution in [2.75, 3.05) is 46.4 Å². The maximum absolute atomic E-state index is 11.2. The molecule has 2 fully saturated rings. The van der Waals surface area contributed by atoms with Crippen LogP contribution in [-0.4, -0.2) is 62.3 Å². The molecule has 0 unspecified atom stereocenters. The number of amides is 1. The summed E-state index contributed by atoms with van der Waals surface area (Å²) >= 11 is 0. The van der Waals surface area contributed by atoms with Gasteiger partial charge >= 0.3 is 6.09 Å². The van der Waals surface area contributed by atoms with Crippen LogP contribution in [-0.2, 0) is 10.3 Å². The molecule has 2 saturated heterocycles. The van der Waals surface area contributed by atoms with Gasteiger partial charge in [0.2, 0.25) is 0 Å². The molecule has 0 spiro atoms. The van der Waals surface area contributed by atoms with Gasteiger partial charge in [0.1, 0.15) is 0 Å². The minimum absolute atomic E-state index is 0.198. The second-order valence-electron chi connectivity index (χ2n) is 6.85. The second kappa shape index (κ2) is 7.99. The van der Waals surface area contributed by atoms with Crippen molar-refractivity contribution >= 4 is 6.09 Å². The predicted octanol–water partition coefficient (Wildman–Crippen LogP) is 2.43. The number of benzene rings is 1. The molecule has 0 aromatic heterocycles. The van der Waals surface area contributed by atoms with Crippen molar-refractivity contribution in [3.63, 3.8) is 0 Å². The van der Waals surface area contributed by atoms with Crippen LogP contribution in [0.25, 0.3) is 0 Å². The van der Waals surface area contributed by atoms with Gasteiger partial charge in [-0.2, -0.15) is 0 Å². The van der Waals surface area contributed by atoms with Crippen molar-refractivity contribution in [1.29, 1.82) is 0 Å². The summed E-state index contributed by atoms with van der Waals surface area (Å²) in [5, 5.41) is 2.77. The lowest BCUT2D eigenvalue weighted by Crippen LogP contribution is -2.53. The van der Waals surface area contributed by atoms with Crippen molar-refractivity contribution in [3.05, 3.63) is 35.9 Å². The predicted molar refractivity (Wildman–Crippen MR) is 95.0 cm³/mol. The largest absolute Gasteiger partial charge is 0.453 e. The molecule has 0 bridgehead atoms. The van der Waals surface area contributed by atoms with E-state index in [2.05, 4.69) is 50.2 Å². The second-order valence-corrected chi connectivity index (χ2v) is 6.85. The third-order valence-electron chi connectivity index (χ3n) is 5.59. The van der Waals surface area contributed by atoms with Gasteiger partial charge in [0, 0.05) is 31.7 Å². The molecule has 1 amide bonds. The molecule has 3 rings (SSSR count). The summed E-state index contributed by atoms with van der Waals surface area (Å²) in [4.78, 5) is 16.3. The Labute approximate surface area is 145 Å². The maximum Gasteiger partial charge on any atom is 0.406 e. The maximum atomic E-state index is 11.2. The molecule has 0 saturated carbocycles. The molecule has 1 aromatic rings. The summed E-state index contributed by atoms with van der Waals surface area (Å²) in [5.41, 5.74) is 1.67. The number of carbonyl (C=O) groups excluding carboxylic acids is 1. The molecule has 5 heteroatoms. The molecule has 5 nitrogen and oxygen atoms in total. The smallest absolute Gasteiger partial charge is 0.406 e. The van der Waals surface area contributed by atoms with Crippen molar-refractivity contribution in [3.8, 4) is 0 Å². The average Bonchev–Trinajstić information content (AvgIpc) is 3.18. The lowest BCUT2D eigenvalue weighted by molar-refractivity contribution is 0.0345. The molecule has 132 valence electrons. The summed E-state index contributed by atoms with van der Waals surface area (Å²) in [7, 11) is 1.40. The van der Waals surface area contributed by atoms with Crippen molar-refractivity contribution in [2.24, 2.45) is 0 Å². The van der Waals surface area contributed by atoms with Gasteiger partial charge in [0.25, 0.3) is 0 Å². The Balaban J connectivity index is 1.62. The summed E-state index contributed by atoms with van der Waals surface area (Å²) in [6.45, 7) is 6.13. The normalized spacial score (nSPS) is 21.5. The average molecular weight is 331 g/mol. The van der Waals surface area contributed by atoms with E-state index >= 15 is 0 Å². The van der Waals surface area contributed by atoms with E-state index in [0.29, 0.717) is 6.54 Å². The van der Waals surface area contributed by atoms with E-state index in [1.807, 2.05) is 0 Å². The number of piperidine rings is 1. The first kappa shape index (κ1) is 17.2. The zero-order valence-electron chi connectivity index (χ0n) is 14.7. The molecule has 2 aliphatic rings. The van der Waals surface area contributed by atoms with E-state index in [1.54, 1.807) is 0 Å². The Morgan fingerprint density at radius 1 is 1.12 bits per heavy atom. The van der Waals surface area contributed by atoms with E-state index in [4.69, 9.17) is 0 Å². The number of rotatable bonds is 5. The molecule has 2 heterocycles. The third kappa shape index (κ3) is 3.73. The third-order valence-corrected chi connectivity index (χ3v) is 5.59. The number of methoxy groups -OCH3 is 1. The van der Waals surface area contributed by atoms with Crippen LogP contribution in [0.5, 0.6) is 0 Å². The van der Waals surface area contributed by atoms with Gasteiger partial charge in [0.05, 0.1) is 7.11 Å². The number of nitrogens with zero attached hydrogens (tertiary/aromatic N) is 2. The molecule has 24 heavy (non-hydrogen) atoms. The number of hydrogen-bond donors (Lipinski definition) is 1. The van der Waals surface area contributed by atoms with Gasteiger partial charge in [-0.25, -0.2) is 4.79 Å². The van der Waals surface area contributed by atoms with Crippen molar-refractivity contribution in [2.45, 2.75) is 31.2 Å². The van der Waals surface area contributed by atoms with E-state index in [9.17, 15) is 4.79 Å². The summed E-state index contributed by atoms with van der Waals surface area (Å²) in [6, 6.07) is 11.0. The number of alkyl carbamates (subject to hydrolysis) is 1. The highest BCUT2D eigenvalue weighted by Gasteiger charge is 2.41. The van der Waals surface area contributed by atoms with Crippen LogP contribution in [0.15, 0.2) is 30.3 Å². The quantitative estimate of drug-likeness (QED) is 0.900. The molecular weight excluding hydrogens is 302 g/mol. The standard InChI is InChI=1S/C19H29N3O2/c1-24-18(23)20-11-16-21-14-9-19(10-15-21,22-12-5-6-13-22)17-7-3-2-4-8-17/h2-4,7-8H,5-6,9-16H2,1H3,(H,20,23). The highest BCUT2D eigenvalue weighted by Crippen LogP contribution is 2.40. The van der Waals surface area contributed by atoms with Crippen molar-refractivity contribution in [1.82, 2.24) is 15.1 Å². The van der Waals surface area contributed by atoms with Gasteiger partial charge in [-0.3, -0.25) is 4.90 Å². The number of ether oxygens (including phenoxy) is 1. The Kier molecular flexibility index (Phi) is 5.74. The number of nitrogens with one attached hydrogen (secondary N) is 1. The molecule has 1 aromatic carbocycles. The Bertz CT molecular complexity index is 521. The van der Waals surface area contributed by atoms with Gasteiger partial charge < -0.3 is 15.0 Å². The van der Waals surface area contributed by atoms with Crippen LogP contribution >= 0.6 is 0 Å². The zero-order valence-corrected chi connectivity index (χ0v) is 14.7. The van der Waals surface area contributed by atoms with Gasteiger partial charge in [-0.05, 0) is 44.3 Å². The van der Waals surface area contributed by atoms with E-state index in [-0.39, 0.29) is 11.6 Å². The monoisotopic (exact) mass is 331 g/mol. The number of likely N-dealkylation sites (tertiary alicyclic amines) is 2. The SMILES string of the molecule is COC(=O)NCCN1CCC(c2ccccc2)(N2CCCC2)CC1. The lowest BCUT2D eigenvalue weighted by Gasteiger charge is -2.48. The van der Waals surface area contributed by atoms with Crippen LogP contribution in [0.3, 0.4) is 0 Å². The van der Waals surface area contributed by atoms with Gasteiger partial charge in [-0.15, -0.1) is 0 Å². The van der Waals surface area contributed by atoms with Gasteiger partial charge in [0.15, 0.2) is 0 Å². The summed E-state index contributed by atoms with van der Waals surface area (Å²) in [6.07, 6.45) is 4.62. The molecule has 0 radical (unpaired) electrons. The topological polar surface area (TPSA) is 44.8 Å². The first-order valence-electron chi connectivity index (χ1n) is 9.09. The van der Waals surface area contributed by atoms with Crippen LogP contribution in [0, 0.1) is 0 Å². The Morgan fingerprint density at radius 2 is 1.79 bits per heavy atom. The minimum Gasteiger partial charge on any atom is -0.453 e. The van der Waals surface area contributed by atoms with Crippen LogP contribution in [0.2, 0.25) is 0 Å². The fourth-order valence-corrected chi connectivity index (χ4v) is 4.22. The number of carbonyl (C=O) groups is 1. The fourth-order valence-electron chi connectivity index (χ4n) is 4.22. The molecular formula is C19H29N3O2. The van der Waals surface area contributed by atoms with Crippen LogP contribution < -0.4 is 5.32 Å². The number of hydrogen-bond acceptors (Lipinski definition) is 4. The Morgan fingerprint density at radius 3 is 2.42 bits per heavy atom. The fraction of sp³-hybridized carbons (Fsp3) is 0.632. The van der Waals surface area contributed by atoms with Crippen LogP contribution in [0.1, 0.15) is 31.2 Å². The summed E-state index contributed by atoms with van der Waals surface area (Å²) in [5.74, 6) is 0. The lowest BCUT2D eigenvalue weighted by atomic mass is 9.79. The first-order chi connectivity index (χ1) is 11.7. The van der Waals surface area contributed by atoms with Crippen molar-refractivity contribution < 1.29 is 9.53 Å². The molecule has 0 aliphatic carbocycles. The Hall–Kier alpha value is -1.59. The molecule has 2 aliphatic heterocycles. The van der Waals surface area contributed by atoms with E-state index in [0.717, 1.165) is 32.5 Å². The molecule has 1 N–H and O–H groups in total. The highest BCUT2D eigenvalue weighted by molar-refractivity contribution is 5.66. The first-order valence-corrected chi connectivity index (χ1v) is 9.09. The van der Waals surface area contributed by atoms with E-state index in [1.165, 1.54) is 38.6 Å². The minimum atomic E-state index is -0.345. The highest BCUT2D eigenvalue weighted by atomic mass is 16.5.